The van der Waals surface area contributed by atoms with Crippen LogP contribution in [0.4, 0.5) is 10.5 Å². The summed E-state index contributed by atoms with van der Waals surface area (Å²) in [6.07, 6.45) is -0.282. The molecule has 0 atom stereocenters. The zero-order chi connectivity index (χ0) is 13.7. The van der Waals surface area contributed by atoms with Crippen LogP contribution < -0.4 is 10.8 Å². The fourth-order valence-corrected chi connectivity index (χ4v) is 1.55. The van der Waals surface area contributed by atoms with Crippen LogP contribution in [0.2, 0.25) is 0 Å². The normalized spacial score (nSPS) is 10.2. The average Bonchev–Trinajstić information content (AvgIpc) is 2.34. The summed E-state index contributed by atoms with van der Waals surface area (Å²) in [6, 6.07) is 7.24. The minimum absolute atomic E-state index is 0.297. The van der Waals surface area contributed by atoms with Crippen molar-refractivity contribution >= 4 is 17.7 Å². The van der Waals surface area contributed by atoms with Crippen molar-refractivity contribution in [3.8, 4) is 0 Å². The number of hydrogen-bond donors (Lipinski definition) is 1. The number of para-hydroxylation sites is 1. The molecular weight excluding hydrogens is 232 g/mol. The lowest BCUT2D eigenvalue weighted by Crippen LogP contribution is -2.38. The lowest BCUT2D eigenvalue weighted by atomic mass is 10.1. The molecule has 2 N–H and O–H groups in total. The van der Waals surface area contributed by atoms with Gasteiger partial charge in [-0.05, 0) is 18.1 Å². The smallest absolute Gasteiger partial charge is 0.333 e. The highest BCUT2D eigenvalue weighted by Crippen LogP contribution is 2.23. The molecule has 0 radical (unpaired) electrons. The van der Waals surface area contributed by atoms with Crippen molar-refractivity contribution in [2.45, 2.75) is 27.2 Å². The van der Waals surface area contributed by atoms with Gasteiger partial charge in [-0.25, -0.2) is 4.79 Å². The zero-order valence-electron chi connectivity index (χ0n) is 10.8. The number of nitrogens with zero attached hydrogens (tertiary/aromatic N) is 1. The van der Waals surface area contributed by atoms with Crippen LogP contribution in [0.1, 0.15) is 26.3 Å². The Morgan fingerprint density at radius 1 is 1.33 bits per heavy atom. The number of carbonyl (C=O) groups is 2. The van der Waals surface area contributed by atoms with Gasteiger partial charge in [0.1, 0.15) is 0 Å². The number of amides is 2. The van der Waals surface area contributed by atoms with Gasteiger partial charge in [-0.3, -0.25) is 4.79 Å². The third-order valence-corrected chi connectivity index (χ3v) is 2.47. The lowest BCUT2D eigenvalue weighted by Gasteiger charge is -2.23. The predicted octanol–water partition coefficient (Wildman–Crippen LogP) is 2.25. The van der Waals surface area contributed by atoms with E-state index in [1.165, 1.54) is 0 Å². The predicted molar refractivity (Wildman–Crippen MR) is 68.8 cm³/mol. The summed E-state index contributed by atoms with van der Waals surface area (Å²) < 4.78 is 0. The van der Waals surface area contributed by atoms with Crippen LogP contribution in [0, 0.1) is 5.92 Å². The number of rotatable bonds is 3. The molecule has 0 spiro atoms. The van der Waals surface area contributed by atoms with Crippen molar-refractivity contribution in [2.75, 3.05) is 5.06 Å². The minimum Gasteiger partial charge on any atom is -0.333 e. The van der Waals surface area contributed by atoms with E-state index in [1.807, 2.05) is 19.1 Å². The number of hydrogen-bond acceptors (Lipinski definition) is 3. The zero-order valence-corrected chi connectivity index (χ0v) is 10.8. The largest absolute Gasteiger partial charge is 0.429 e. The van der Waals surface area contributed by atoms with Crippen LogP contribution in [0.25, 0.3) is 0 Å². The molecule has 0 saturated heterocycles. The van der Waals surface area contributed by atoms with Gasteiger partial charge in [0, 0.05) is 5.92 Å². The molecule has 0 aliphatic rings. The van der Waals surface area contributed by atoms with Crippen molar-refractivity contribution in [1.29, 1.82) is 0 Å². The highest BCUT2D eigenvalue weighted by atomic mass is 16.7. The van der Waals surface area contributed by atoms with E-state index in [1.54, 1.807) is 26.0 Å². The molecule has 1 aromatic rings. The maximum absolute atomic E-state index is 12.0. The number of aryl methyl sites for hydroxylation is 1. The standard InChI is InChI=1S/C13H18N2O3/c1-4-10-7-5-6-8-11(10)15(18-13(14)17)12(16)9(2)3/h5-9H,4H2,1-3H3,(H2,14,17). The SMILES string of the molecule is CCc1ccccc1N(OC(N)=O)C(=O)C(C)C. The van der Waals surface area contributed by atoms with Crippen molar-refractivity contribution in [3.05, 3.63) is 29.8 Å². The van der Waals surface area contributed by atoms with Gasteiger partial charge in [0.15, 0.2) is 0 Å². The Morgan fingerprint density at radius 2 is 1.94 bits per heavy atom. The minimum atomic E-state index is -1.00. The molecule has 0 heterocycles. The Balaban J connectivity index is 3.16. The lowest BCUT2D eigenvalue weighted by molar-refractivity contribution is -0.126. The quantitative estimate of drug-likeness (QED) is 0.836. The first-order valence-electron chi connectivity index (χ1n) is 5.86. The Morgan fingerprint density at radius 3 is 2.44 bits per heavy atom. The summed E-state index contributed by atoms with van der Waals surface area (Å²) in [5.41, 5.74) is 6.47. The second-order valence-electron chi connectivity index (χ2n) is 4.18. The third-order valence-electron chi connectivity index (χ3n) is 2.47. The molecule has 0 fully saturated rings. The molecule has 5 heteroatoms. The first kappa shape index (κ1) is 14.0. The van der Waals surface area contributed by atoms with Crippen LogP contribution >= 0.6 is 0 Å². The van der Waals surface area contributed by atoms with Crippen LogP contribution in [0.5, 0.6) is 0 Å². The summed E-state index contributed by atoms with van der Waals surface area (Å²) in [5, 5.41) is 0.978. The van der Waals surface area contributed by atoms with E-state index in [0.29, 0.717) is 5.69 Å². The van der Waals surface area contributed by atoms with Gasteiger partial charge < -0.3 is 10.6 Å². The Kier molecular flexibility index (Phi) is 4.71. The highest BCUT2D eigenvalue weighted by molar-refractivity contribution is 5.95. The van der Waals surface area contributed by atoms with Crippen LogP contribution in [-0.4, -0.2) is 12.0 Å². The number of hydroxylamine groups is 1. The summed E-state index contributed by atoms with van der Waals surface area (Å²) in [6.45, 7) is 5.42. The first-order valence-corrected chi connectivity index (χ1v) is 5.86. The molecule has 0 aliphatic heterocycles. The second kappa shape index (κ2) is 6.05. The highest BCUT2D eigenvalue weighted by Gasteiger charge is 2.24. The van der Waals surface area contributed by atoms with Gasteiger partial charge in [-0.15, -0.1) is 5.06 Å². The maximum Gasteiger partial charge on any atom is 0.429 e. The first-order chi connectivity index (χ1) is 8.47. The molecule has 0 saturated carbocycles. The van der Waals surface area contributed by atoms with E-state index in [0.717, 1.165) is 17.0 Å². The van der Waals surface area contributed by atoms with E-state index in [4.69, 9.17) is 10.6 Å². The number of nitrogens with two attached hydrogens (primary N) is 1. The van der Waals surface area contributed by atoms with Gasteiger partial charge in [-0.2, -0.15) is 0 Å². The molecule has 0 aliphatic carbocycles. The van der Waals surface area contributed by atoms with Gasteiger partial charge in [0.05, 0.1) is 5.69 Å². The van der Waals surface area contributed by atoms with Crippen LogP contribution in [-0.2, 0) is 16.1 Å². The fraction of sp³-hybridized carbons (Fsp3) is 0.385. The molecule has 5 nitrogen and oxygen atoms in total. The molecule has 2 amide bonds. The number of benzene rings is 1. The van der Waals surface area contributed by atoms with E-state index in [2.05, 4.69) is 0 Å². The van der Waals surface area contributed by atoms with Crippen LogP contribution in [0.15, 0.2) is 24.3 Å². The summed E-state index contributed by atoms with van der Waals surface area (Å²) >= 11 is 0. The van der Waals surface area contributed by atoms with E-state index >= 15 is 0 Å². The topological polar surface area (TPSA) is 72.6 Å². The fourth-order valence-electron chi connectivity index (χ4n) is 1.55. The number of carbonyl (C=O) groups excluding carboxylic acids is 2. The van der Waals surface area contributed by atoms with E-state index in [9.17, 15) is 9.59 Å². The van der Waals surface area contributed by atoms with Crippen molar-refractivity contribution < 1.29 is 14.4 Å². The van der Waals surface area contributed by atoms with Gasteiger partial charge >= 0.3 is 6.09 Å². The molecule has 1 rings (SSSR count). The van der Waals surface area contributed by atoms with Crippen LogP contribution in [0.3, 0.4) is 0 Å². The molecule has 0 aromatic heterocycles. The third kappa shape index (κ3) is 3.23. The Bertz CT molecular complexity index is 444. The summed E-state index contributed by atoms with van der Waals surface area (Å²) in [7, 11) is 0. The molecule has 98 valence electrons. The molecular formula is C13H18N2O3. The monoisotopic (exact) mass is 250 g/mol. The van der Waals surface area contributed by atoms with Gasteiger partial charge in [0.25, 0.3) is 5.91 Å². The van der Waals surface area contributed by atoms with Gasteiger partial charge in [0.2, 0.25) is 0 Å². The maximum atomic E-state index is 12.0. The molecule has 1 aromatic carbocycles. The molecule has 18 heavy (non-hydrogen) atoms. The van der Waals surface area contributed by atoms with Crippen molar-refractivity contribution in [2.24, 2.45) is 11.7 Å². The van der Waals surface area contributed by atoms with E-state index < -0.39 is 6.09 Å². The number of anilines is 1. The van der Waals surface area contributed by atoms with E-state index in [-0.39, 0.29) is 11.8 Å². The summed E-state index contributed by atoms with van der Waals surface area (Å²) in [4.78, 5) is 27.8. The summed E-state index contributed by atoms with van der Waals surface area (Å²) in [5.74, 6) is -0.607. The number of primary amides is 1. The average molecular weight is 250 g/mol. The van der Waals surface area contributed by atoms with Gasteiger partial charge in [-0.1, -0.05) is 39.0 Å². The second-order valence-corrected chi connectivity index (χ2v) is 4.18. The van der Waals surface area contributed by atoms with Crippen molar-refractivity contribution in [3.63, 3.8) is 0 Å². The van der Waals surface area contributed by atoms with Crippen molar-refractivity contribution in [1.82, 2.24) is 0 Å². The Hall–Kier alpha value is -2.04. The molecule has 0 unspecified atom stereocenters. The molecule has 0 bridgehead atoms. The Labute approximate surface area is 106 Å².